The lowest BCUT2D eigenvalue weighted by Crippen LogP contribution is -2.41. The Hall–Kier alpha value is -1.98. The van der Waals surface area contributed by atoms with Gasteiger partial charge in [0.1, 0.15) is 16.5 Å². The van der Waals surface area contributed by atoms with Crippen LogP contribution in [0.1, 0.15) is 36.4 Å². The van der Waals surface area contributed by atoms with Crippen molar-refractivity contribution in [2.24, 2.45) is 0 Å². The first kappa shape index (κ1) is 17.4. The van der Waals surface area contributed by atoms with Gasteiger partial charge in [0.05, 0.1) is 5.39 Å². The third-order valence-electron chi connectivity index (χ3n) is 5.24. The fraction of sp³-hybridized carbons (Fsp3) is 0.429. The average Bonchev–Trinajstić information content (AvgIpc) is 2.98. The predicted molar refractivity (Wildman–Crippen MR) is 109 cm³/mol. The van der Waals surface area contributed by atoms with Crippen molar-refractivity contribution in [3.8, 4) is 11.1 Å². The van der Waals surface area contributed by atoms with E-state index in [0.717, 1.165) is 35.9 Å². The van der Waals surface area contributed by atoms with Crippen molar-refractivity contribution in [1.29, 1.82) is 0 Å². The van der Waals surface area contributed by atoms with Crippen LogP contribution in [0.25, 0.3) is 21.3 Å². The van der Waals surface area contributed by atoms with E-state index in [1.54, 1.807) is 11.3 Å². The lowest BCUT2D eigenvalue weighted by molar-refractivity contribution is 0.262. The van der Waals surface area contributed by atoms with Gasteiger partial charge in [0.15, 0.2) is 0 Å². The number of fused-ring (bicyclic) bond motifs is 1. The van der Waals surface area contributed by atoms with E-state index in [0.29, 0.717) is 6.04 Å². The highest BCUT2D eigenvalue weighted by molar-refractivity contribution is 7.19. The lowest BCUT2D eigenvalue weighted by Gasteiger charge is -2.37. The summed E-state index contributed by atoms with van der Waals surface area (Å²) in [5.41, 5.74) is 2.48. The molecule has 0 saturated carbocycles. The second-order valence-electron chi connectivity index (χ2n) is 7.03. The topological polar surface area (TPSA) is 49.2 Å². The average molecular weight is 368 g/mol. The van der Waals surface area contributed by atoms with Crippen LogP contribution in [0.3, 0.4) is 0 Å². The van der Waals surface area contributed by atoms with Crippen LogP contribution in [-0.4, -0.2) is 34.3 Å². The molecule has 26 heavy (non-hydrogen) atoms. The first-order chi connectivity index (χ1) is 12.7. The Morgan fingerprint density at radius 3 is 2.73 bits per heavy atom. The molecule has 1 N–H and O–H groups in total. The summed E-state index contributed by atoms with van der Waals surface area (Å²) in [5.74, 6) is 1.87. The molecule has 4 rings (SSSR count). The molecule has 1 atom stereocenters. The molecule has 0 radical (unpaired) electrons. The van der Waals surface area contributed by atoms with E-state index in [-0.39, 0.29) is 6.61 Å². The molecule has 0 amide bonds. The van der Waals surface area contributed by atoms with Crippen LogP contribution in [0.15, 0.2) is 30.3 Å². The number of rotatable bonds is 4. The smallest absolute Gasteiger partial charge is 0.141 e. The fourth-order valence-electron chi connectivity index (χ4n) is 4.09. The van der Waals surface area contributed by atoms with Crippen LogP contribution in [-0.2, 0) is 0 Å². The number of aryl methyl sites for hydroxylation is 2. The van der Waals surface area contributed by atoms with Crippen LogP contribution in [0, 0.1) is 13.8 Å². The van der Waals surface area contributed by atoms with Gasteiger partial charge in [-0.3, -0.25) is 0 Å². The summed E-state index contributed by atoms with van der Waals surface area (Å²) in [4.78, 5) is 14.4. The minimum absolute atomic E-state index is 0.225. The molecule has 3 aromatic rings. The van der Waals surface area contributed by atoms with Crippen LogP contribution < -0.4 is 4.90 Å². The third-order valence-corrected chi connectivity index (χ3v) is 6.24. The Bertz CT molecular complexity index is 905. The van der Waals surface area contributed by atoms with Crippen LogP contribution >= 0.6 is 11.3 Å². The maximum Gasteiger partial charge on any atom is 0.141 e. The summed E-state index contributed by atoms with van der Waals surface area (Å²) < 4.78 is 0. The molecule has 1 aliphatic rings. The highest BCUT2D eigenvalue weighted by atomic mass is 32.1. The van der Waals surface area contributed by atoms with E-state index in [1.165, 1.54) is 34.2 Å². The highest BCUT2D eigenvalue weighted by Gasteiger charge is 2.27. The van der Waals surface area contributed by atoms with Crippen LogP contribution in [0.2, 0.25) is 0 Å². The van der Waals surface area contributed by atoms with E-state index >= 15 is 0 Å². The molecule has 0 aliphatic carbocycles. The summed E-state index contributed by atoms with van der Waals surface area (Å²) in [5, 5.41) is 10.7. The molecule has 1 aromatic carbocycles. The zero-order valence-electron chi connectivity index (χ0n) is 15.4. The molecule has 136 valence electrons. The van der Waals surface area contributed by atoms with Gasteiger partial charge in [-0.25, -0.2) is 9.97 Å². The SMILES string of the molecule is Cc1nc(N2CCCCC2CCO)c2c(-c3ccccc3)c(C)sc2n1. The normalized spacial score (nSPS) is 17.8. The van der Waals surface area contributed by atoms with Crippen molar-refractivity contribution in [3.63, 3.8) is 0 Å². The van der Waals surface area contributed by atoms with E-state index in [2.05, 4.69) is 42.2 Å². The second-order valence-corrected chi connectivity index (χ2v) is 8.23. The largest absolute Gasteiger partial charge is 0.396 e. The van der Waals surface area contributed by atoms with Crippen molar-refractivity contribution < 1.29 is 5.11 Å². The predicted octanol–water partition coefficient (Wildman–Crippen LogP) is 4.72. The van der Waals surface area contributed by atoms with Gasteiger partial charge in [-0.15, -0.1) is 11.3 Å². The molecule has 2 aromatic heterocycles. The summed E-state index contributed by atoms with van der Waals surface area (Å²) in [7, 11) is 0. The second kappa shape index (κ2) is 7.33. The van der Waals surface area contributed by atoms with Crippen molar-refractivity contribution in [2.45, 2.75) is 45.6 Å². The Kier molecular flexibility index (Phi) is 4.92. The molecule has 0 spiro atoms. The summed E-state index contributed by atoms with van der Waals surface area (Å²) in [6, 6.07) is 10.9. The quantitative estimate of drug-likeness (QED) is 0.725. The van der Waals surface area contributed by atoms with Gasteiger partial charge < -0.3 is 10.0 Å². The molecule has 1 unspecified atom stereocenters. The summed E-state index contributed by atoms with van der Waals surface area (Å²) in [6.07, 6.45) is 4.32. The Labute approximate surface area is 158 Å². The summed E-state index contributed by atoms with van der Waals surface area (Å²) >= 11 is 1.75. The number of piperidine rings is 1. The van der Waals surface area contributed by atoms with Crippen molar-refractivity contribution in [3.05, 3.63) is 41.0 Å². The van der Waals surface area contributed by atoms with Gasteiger partial charge >= 0.3 is 0 Å². The van der Waals surface area contributed by atoms with Gasteiger partial charge in [-0.05, 0) is 45.1 Å². The lowest BCUT2D eigenvalue weighted by atomic mass is 9.98. The molecule has 4 nitrogen and oxygen atoms in total. The number of aromatic nitrogens is 2. The maximum absolute atomic E-state index is 9.53. The Balaban J connectivity index is 1.94. The Morgan fingerprint density at radius 1 is 1.15 bits per heavy atom. The number of anilines is 1. The zero-order valence-corrected chi connectivity index (χ0v) is 16.2. The summed E-state index contributed by atoms with van der Waals surface area (Å²) in [6.45, 7) is 5.38. The number of nitrogens with zero attached hydrogens (tertiary/aromatic N) is 3. The van der Waals surface area contributed by atoms with E-state index in [9.17, 15) is 5.11 Å². The number of hydrogen-bond acceptors (Lipinski definition) is 5. The highest BCUT2D eigenvalue weighted by Crippen LogP contribution is 2.43. The van der Waals surface area contributed by atoms with Crippen LogP contribution in [0.5, 0.6) is 0 Å². The van der Waals surface area contributed by atoms with Gasteiger partial charge in [0, 0.05) is 29.6 Å². The standard InChI is InChI=1S/C21H25N3OS/c1-14-18(16-8-4-3-5-9-16)19-20(22-15(2)23-21(19)26-14)24-12-7-6-10-17(24)11-13-25/h3-5,8-9,17,25H,6-7,10-13H2,1-2H3. The Morgan fingerprint density at radius 2 is 1.96 bits per heavy atom. The first-order valence-corrected chi connectivity index (χ1v) is 10.2. The first-order valence-electron chi connectivity index (χ1n) is 9.39. The molecule has 5 heteroatoms. The molecular formula is C21H25N3OS. The molecule has 0 bridgehead atoms. The maximum atomic E-state index is 9.53. The van der Waals surface area contributed by atoms with Gasteiger partial charge in [-0.1, -0.05) is 30.3 Å². The number of thiophene rings is 1. The number of aliphatic hydroxyl groups excluding tert-OH is 1. The van der Waals surface area contributed by atoms with Crippen molar-refractivity contribution in [2.75, 3.05) is 18.1 Å². The van der Waals surface area contributed by atoms with Gasteiger partial charge in [-0.2, -0.15) is 0 Å². The monoisotopic (exact) mass is 367 g/mol. The van der Waals surface area contributed by atoms with E-state index in [4.69, 9.17) is 9.97 Å². The fourth-order valence-corrected chi connectivity index (χ4v) is 5.17. The zero-order chi connectivity index (χ0) is 18.1. The van der Waals surface area contributed by atoms with E-state index in [1.807, 2.05) is 6.92 Å². The van der Waals surface area contributed by atoms with Gasteiger partial charge in [0.2, 0.25) is 0 Å². The number of hydrogen-bond donors (Lipinski definition) is 1. The number of aliphatic hydroxyl groups is 1. The van der Waals surface area contributed by atoms with Crippen molar-refractivity contribution in [1.82, 2.24) is 9.97 Å². The molecule has 1 saturated heterocycles. The molecule has 3 heterocycles. The van der Waals surface area contributed by atoms with Crippen LogP contribution in [0.4, 0.5) is 5.82 Å². The van der Waals surface area contributed by atoms with E-state index < -0.39 is 0 Å². The van der Waals surface area contributed by atoms with Crippen molar-refractivity contribution >= 4 is 27.4 Å². The third kappa shape index (κ3) is 3.10. The molecule has 1 fully saturated rings. The number of benzene rings is 1. The molecule has 1 aliphatic heterocycles. The minimum Gasteiger partial charge on any atom is -0.396 e. The minimum atomic E-state index is 0.225. The molecular weight excluding hydrogens is 342 g/mol. The van der Waals surface area contributed by atoms with Gasteiger partial charge in [0.25, 0.3) is 0 Å².